The van der Waals surface area contributed by atoms with E-state index in [4.69, 9.17) is 10.5 Å². The lowest BCUT2D eigenvalue weighted by Gasteiger charge is -2.21. The van der Waals surface area contributed by atoms with Crippen LogP contribution in [0.4, 0.5) is 0 Å². The summed E-state index contributed by atoms with van der Waals surface area (Å²) in [6.07, 6.45) is 7.68. The van der Waals surface area contributed by atoms with Crippen molar-refractivity contribution in [2.75, 3.05) is 6.61 Å². The molecule has 0 amide bonds. The first-order valence-electron chi connectivity index (χ1n) is 7.32. The lowest BCUT2D eigenvalue weighted by Crippen LogP contribution is -2.19. The van der Waals surface area contributed by atoms with Crippen molar-refractivity contribution < 1.29 is 4.74 Å². The van der Waals surface area contributed by atoms with E-state index in [0.29, 0.717) is 6.10 Å². The zero-order chi connectivity index (χ0) is 12.5. The summed E-state index contributed by atoms with van der Waals surface area (Å²) >= 11 is 0. The highest BCUT2D eigenvalue weighted by atomic mass is 16.5. The Hall–Kier alpha value is -0.800. The van der Waals surface area contributed by atoms with Crippen molar-refractivity contribution in [3.05, 3.63) is 23.0 Å². The number of nitrogens with two attached hydrogens (primary N) is 1. The van der Waals surface area contributed by atoms with Gasteiger partial charge < -0.3 is 15.0 Å². The molecule has 2 N–H and O–H groups in total. The number of hydrogen-bond acceptors (Lipinski definition) is 2. The van der Waals surface area contributed by atoms with Crippen molar-refractivity contribution >= 4 is 0 Å². The highest BCUT2D eigenvalue weighted by molar-refractivity contribution is 5.32. The van der Waals surface area contributed by atoms with Crippen LogP contribution in [0.25, 0.3) is 0 Å². The predicted octanol–water partition coefficient (Wildman–Crippen LogP) is 2.70. The van der Waals surface area contributed by atoms with E-state index in [0.717, 1.165) is 26.0 Å². The van der Waals surface area contributed by atoms with E-state index in [9.17, 15) is 0 Å². The van der Waals surface area contributed by atoms with Crippen molar-refractivity contribution in [3.63, 3.8) is 0 Å². The molecule has 1 aromatic heterocycles. The Bertz CT molecular complexity index is 418. The zero-order valence-electron chi connectivity index (χ0n) is 11.3. The van der Waals surface area contributed by atoms with Crippen LogP contribution in [0.3, 0.4) is 0 Å². The van der Waals surface area contributed by atoms with Crippen molar-refractivity contribution in [1.29, 1.82) is 0 Å². The van der Waals surface area contributed by atoms with Crippen LogP contribution >= 0.6 is 0 Å². The SMILES string of the molecule is Cc1cc2c(n1CCC1CCCO1)CCCC2N. The normalized spacial score (nSPS) is 27.4. The molecule has 3 nitrogen and oxygen atoms in total. The summed E-state index contributed by atoms with van der Waals surface area (Å²) in [5, 5.41) is 0. The van der Waals surface area contributed by atoms with E-state index in [1.165, 1.54) is 42.6 Å². The molecule has 2 aliphatic rings. The third-order valence-electron chi connectivity index (χ3n) is 4.48. The van der Waals surface area contributed by atoms with Crippen LogP contribution in [-0.4, -0.2) is 17.3 Å². The first-order valence-corrected chi connectivity index (χ1v) is 7.32. The van der Waals surface area contributed by atoms with Crippen molar-refractivity contribution in [2.24, 2.45) is 5.73 Å². The molecule has 1 aliphatic carbocycles. The average Bonchev–Trinajstić information content (AvgIpc) is 2.95. The smallest absolute Gasteiger partial charge is 0.0593 e. The van der Waals surface area contributed by atoms with Crippen LogP contribution in [0.5, 0.6) is 0 Å². The van der Waals surface area contributed by atoms with E-state index in [1.807, 2.05) is 0 Å². The first kappa shape index (κ1) is 12.2. The van der Waals surface area contributed by atoms with Gasteiger partial charge in [-0.2, -0.15) is 0 Å². The molecule has 0 saturated carbocycles. The number of rotatable bonds is 3. The molecule has 3 heteroatoms. The Kier molecular flexibility index (Phi) is 3.44. The molecule has 1 aromatic rings. The van der Waals surface area contributed by atoms with Gasteiger partial charge in [0.05, 0.1) is 6.10 Å². The standard InChI is InChI=1S/C15H24N2O/c1-11-10-13-14(16)5-2-6-15(13)17(11)8-7-12-4-3-9-18-12/h10,12,14H,2-9,16H2,1H3. The second-order valence-corrected chi connectivity index (χ2v) is 5.76. The average molecular weight is 248 g/mol. The summed E-state index contributed by atoms with van der Waals surface area (Å²) in [6.45, 7) is 4.26. The number of nitrogens with zero attached hydrogens (tertiary/aromatic N) is 1. The minimum atomic E-state index is 0.261. The third kappa shape index (κ3) is 2.21. The maximum Gasteiger partial charge on any atom is 0.0593 e. The summed E-state index contributed by atoms with van der Waals surface area (Å²) in [5.74, 6) is 0. The minimum absolute atomic E-state index is 0.261. The van der Waals surface area contributed by atoms with Crippen molar-refractivity contribution in [1.82, 2.24) is 4.57 Å². The molecule has 0 spiro atoms. The van der Waals surface area contributed by atoms with Gasteiger partial charge in [-0.1, -0.05) is 0 Å². The molecular weight excluding hydrogens is 224 g/mol. The molecule has 1 fully saturated rings. The van der Waals surface area contributed by atoms with Crippen molar-refractivity contribution in [2.45, 2.75) is 64.1 Å². The van der Waals surface area contributed by atoms with Crippen LogP contribution in [-0.2, 0) is 17.7 Å². The number of hydrogen-bond donors (Lipinski definition) is 1. The molecule has 2 unspecified atom stereocenters. The van der Waals surface area contributed by atoms with Gasteiger partial charge in [0.25, 0.3) is 0 Å². The van der Waals surface area contributed by atoms with Gasteiger partial charge in [0.1, 0.15) is 0 Å². The topological polar surface area (TPSA) is 40.2 Å². The van der Waals surface area contributed by atoms with Crippen LogP contribution < -0.4 is 5.73 Å². The van der Waals surface area contributed by atoms with Gasteiger partial charge in [0, 0.05) is 30.6 Å². The number of aromatic nitrogens is 1. The molecule has 0 radical (unpaired) electrons. The second-order valence-electron chi connectivity index (χ2n) is 5.76. The van der Waals surface area contributed by atoms with E-state index in [1.54, 1.807) is 0 Å². The number of ether oxygens (including phenoxy) is 1. The monoisotopic (exact) mass is 248 g/mol. The largest absolute Gasteiger partial charge is 0.378 e. The Morgan fingerprint density at radius 3 is 3.06 bits per heavy atom. The van der Waals surface area contributed by atoms with Crippen molar-refractivity contribution in [3.8, 4) is 0 Å². The highest BCUT2D eigenvalue weighted by Gasteiger charge is 2.23. The van der Waals surface area contributed by atoms with Gasteiger partial charge >= 0.3 is 0 Å². The van der Waals surface area contributed by atoms with Crippen LogP contribution in [0.1, 0.15) is 55.1 Å². The van der Waals surface area contributed by atoms with Crippen LogP contribution in [0.15, 0.2) is 6.07 Å². The summed E-state index contributed by atoms with van der Waals surface area (Å²) in [6, 6.07) is 2.56. The molecule has 1 aliphatic heterocycles. The fraction of sp³-hybridized carbons (Fsp3) is 0.733. The highest BCUT2D eigenvalue weighted by Crippen LogP contribution is 2.31. The zero-order valence-corrected chi connectivity index (χ0v) is 11.3. The Morgan fingerprint density at radius 2 is 2.28 bits per heavy atom. The second kappa shape index (κ2) is 5.06. The summed E-state index contributed by atoms with van der Waals surface area (Å²) in [7, 11) is 0. The molecular formula is C15H24N2O. The van der Waals surface area contributed by atoms with Gasteiger partial charge in [-0.15, -0.1) is 0 Å². The van der Waals surface area contributed by atoms with E-state index >= 15 is 0 Å². The van der Waals surface area contributed by atoms with Gasteiger partial charge in [0.15, 0.2) is 0 Å². The maximum atomic E-state index is 6.21. The third-order valence-corrected chi connectivity index (χ3v) is 4.48. The van der Waals surface area contributed by atoms with E-state index < -0.39 is 0 Å². The first-order chi connectivity index (χ1) is 8.75. The van der Waals surface area contributed by atoms with Gasteiger partial charge in [0.2, 0.25) is 0 Å². The fourth-order valence-electron chi connectivity index (χ4n) is 3.46. The lowest BCUT2D eigenvalue weighted by atomic mass is 9.93. The Labute approximate surface area is 109 Å². The quantitative estimate of drug-likeness (QED) is 0.893. The number of fused-ring (bicyclic) bond motifs is 1. The lowest BCUT2D eigenvalue weighted by molar-refractivity contribution is 0.1000. The van der Waals surface area contributed by atoms with Gasteiger partial charge in [-0.05, 0) is 57.1 Å². The summed E-state index contributed by atoms with van der Waals surface area (Å²) < 4.78 is 8.20. The minimum Gasteiger partial charge on any atom is -0.378 e. The number of aryl methyl sites for hydroxylation is 1. The Balaban J connectivity index is 1.74. The predicted molar refractivity (Wildman–Crippen MR) is 72.6 cm³/mol. The van der Waals surface area contributed by atoms with Gasteiger partial charge in [-0.3, -0.25) is 0 Å². The Morgan fingerprint density at radius 1 is 1.39 bits per heavy atom. The molecule has 18 heavy (non-hydrogen) atoms. The maximum absolute atomic E-state index is 6.21. The molecule has 3 rings (SSSR count). The summed E-state index contributed by atoms with van der Waals surface area (Å²) in [5.41, 5.74) is 10.5. The van der Waals surface area contributed by atoms with E-state index in [-0.39, 0.29) is 6.04 Å². The van der Waals surface area contributed by atoms with Crippen LogP contribution in [0, 0.1) is 6.92 Å². The molecule has 0 bridgehead atoms. The molecule has 2 heterocycles. The molecule has 100 valence electrons. The molecule has 0 aromatic carbocycles. The summed E-state index contributed by atoms with van der Waals surface area (Å²) in [4.78, 5) is 0. The van der Waals surface area contributed by atoms with Gasteiger partial charge in [-0.25, -0.2) is 0 Å². The molecule has 2 atom stereocenters. The molecule has 1 saturated heterocycles. The van der Waals surface area contributed by atoms with Crippen LogP contribution in [0.2, 0.25) is 0 Å². The fourth-order valence-corrected chi connectivity index (χ4v) is 3.46. The van der Waals surface area contributed by atoms with E-state index in [2.05, 4.69) is 17.6 Å².